The fourth-order valence-electron chi connectivity index (χ4n) is 1.28. The Kier molecular flexibility index (Phi) is 4.83. The van der Waals surface area contributed by atoms with Gasteiger partial charge in [0.25, 0.3) is 0 Å². The monoisotopic (exact) mass is 349 g/mol. The number of nitrogens with one attached hydrogen (secondary N) is 1. The zero-order valence-corrected chi connectivity index (χ0v) is 13.2. The van der Waals surface area contributed by atoms with Crippen molar-refractivity contribution in [3.8, 4) is 5.75 Å². The highest BCUT2D eigenvalue weighted by molar-refractivity contribution is 9.11. The predicted octanol–water partition coefficient (Wildman–Crippen LogP) is 4.11. The first kappa shape index (κ1) is 14.0. The van der Waals surface area contributed by atoms with Crippen molar-refractivity contribution in [3.05, 3.63) is 26.6 Å². The van der Waals surface area contributed by atoms with E-state index in [9.17, 15) is 0 Å². The number of benzene rings is 1. The molecule has 0 radical (unpaired) electrons. The lowest BCUT2D eigenvalue weighted by Gasteiger charge is -2.21. The molecule has 1 aromatic rings. The molecule has 0 fully saturated rings. The topological polar surface area (TPSA) is 21.3 Å². The first-order valence-electron chi connectivity index (χ1n) is 5.10. The van der Waals surface area contributed by atoms with Crippen molar-refractivity contribution in [1.29, 1.82) is 0 Å². The van der Waals surface area contributed by atoms with E-state index in [4.69, 9.17) is 4.74 Å². The molecule has 0 heterocycles. The summed E-state index contributed by atoms with van der Waals surface area (Å²) in [5.41, 5.74) is 1.34. The predicted molar refractivity (Wildman–Crippen MR) is 75.0 cm³/mol. The van der Waals surface area contributed by atoms with Crippen LogP contribution in [0.4, 0.5) is 0 Å². The molecular formula is C12H17Br2NO. The first-order chi connectivity index (χ1) is 7.33. The van der Waals surface area contributed by atoms with E-state index in [0.29, 0.717) is 0 Å². The van der Waals surface area contributed by atoms with Crippen LogP contribution in [-0.2, 0) is 6.54 Å². The van der Waals surface area contributed by atoms with Crippen LogP contribution in [0.2, 0.25) is 0 Å². The Balaban J connectivity index is 2.84. The summed E-state index contributed by atoms with van der Waals surface area (Å²) < 4.78 is 7.20. The Hall–Kier alpha value is -0.0600. The number of hydrogen-bond acceptors (Lipinski definition) is 2. The minimum atomic E-state index is 0.124. The molecule has 0 aromatic heterocycles. The van der Waals surface area contributed by atoms with Crippen molar-refractivity contribution in [2.45, 2.75) is 32.9 Å². The number of ether oxygens (including phenoxy) is 1. The van der Waals surface area contributed by atoms with Crippen molar-refractivity contribution in [3.63, 3.8) is 0 Å². The molecule has 0 atom stereocenters. The molecule has 0 amide bonds. The van der Waals surface area contributed by atoms with Crippen LogP contribution in [0.3, 0.4) is 0 Å². The summed E-state index contributed by atoms with van der Waals surface area (Å²) >= 11 is 6.99. The minimum absolute atomic E-state index is 0.124. The van der Waals surface area contributed by atoms with Gasteiger partial charge in [0.05, 0.1) is 16.1 Å². The highest BCUT2D eigenvalue weighted by Crippen LogP contribution is 2.34. The second kappa shape index (κ2) is 5.52. The lowest BCUT2D eigenvalue weighted by Crippen LogP contribution is -2.35. The number of rotatable bonds is 3. The Bertz CT molecular complexity index is 349. The van der Waals surface area contributed by atoms with Gasteiger partial charge in [-0.1, -0.05) is 0 Å². The minimum Gasteiger partial charge on any atom is -0.494 e. The maximum absolute atomic E-state index is 5.26. The average Bonchev–Trinajstić information content (AvgIpc) is 2.13. The third-order valence-corrected chi connectivity index (χ3v) is 3.26. The van der Waals surface area contributed by atoms with Crippen LogP contribution in [0.5, 0.6) is 5.75 Å². The molecule has 0 aliphatic rings. The zero-order chi connectivity index (χ0) is 12.3. The van der Waals surface area contributed by atoms with Gasteiger partial charge in [-0.3, -0.25) is 0 Å². The van der Waals surface area contributed by atoms with Crippen LogP contribution in [0.15, 0.2) is 21.1 Å². The van der Waals surface area contributed by atoms with Crippen molar-refractivity contribution >= 4 is 31.9 Å². The van der Waals surface area contributed by atoms with Gasteiger partial charge < -0.3 is 10.1 Å². The van der Waals surface area contributed by atoms with Crippen LogP contribution in [0, 0.1) is 0 Å². The summed E-state index contributed by atoms with van der Waals surface area (Å²) in [5, 5.41) is 3.45. The van der Waals surface area contributed by atoms with E-state index in [0.717, 1.165) is 21.2 Å². The van der Waals surface area contributed by atoms with Gasteiger partial charge in [0, 0.05) is 12.1 Å². The van der Waals surface area contributed by atoms with Crippen molar-refractivity contribution in [2.75, 3.05) is 7.11 Å². The van der Waals surface area contributed by atoms with E-state index in [1.807, 2.05) is 0 Å². The summed E-state index contributed by atoms with van der Waals surface area (Å²) in [4.78, 5) is 0. The van der Waals surface area contributed by atoms with E-state index >= 15 is 0 Å². The molecule has 0 aliphatic heterocycles. The Morgan fingerprint density at radius 1 is 1.19 bits per heavy atom. The van der Waals surface area contributed by atoms with Crippen LogP contribution in [-0.4, -0.2) is 12.6 Å². The molecule has 0 saturated heterocycles. The Morgan fingerprint density at radius 3 is 2.06 bits per heavy atom. The first-order valence-corrected chi connectivity index (χ1v) is 6.69. The van der Waals surface area contributed by atoms with Gasteiger partial charge in [-0.2, -0.15) is 0 Å². The van der Waals surface area contributed by atoms with Gasteiger partial charge >= 0.3 is 0 Å². The van der Waals surface area contributed by atoms with Crippen molar-refractivity contribution in [1.82, 2.24) is 5.32 Å². The third-order valence-electron chi connectivity index (χ3n) is 2.09. The lowest BCUT2D eigenvalue weighted by molar-refractivity contribution is 0.407. The van der Waals surface area contributed by atoms with Gasteiger partial charge in [-0.05, 0) is 70.3 Å². The van der Waals surface area contributed by atoms with Crippen molar-refractivity contribution in [2.24, 2.45) is 0 Å². The fraction of sp³-hybridized carbons (Fsp3) is 0.500. The molecule has 0 unspecified atom stereocenters. The zero-order valence-electron chi connectivity index (χ0n) is 10.0. The molecule has 0 aliphatic carbocycles. The molecule has 1 rings (SSSR count). The second-order valence-corrected chi connectivity index (χ2v) is 6.40. The van der Waals surface area contributed by atoms with Crippen LogP contribution >= 0.6 is 31.9 Å². The van der Waals surface area contributed by atoms with E-state index in [1.165, 1.54) is 5.56 Å². The fourth-order valence-corrected chi connectivity index (χ4v) is 2.88. The molecule has 0 saturated carbocycles. The molecule has 1 aromatic carbocycles. The summed E-state index contributed by atoms with van der Waals surface area (Å²) in [6, 6.07) is 4.14. The van der Waals surface area contributed by atoms with Gasteiger partial charge in [0.1, 0.15) is 5.75 Å². The SMILES string of the molecule is COc1c(Br)cc(CNC(C)(C)C)cc1Br. The summed E-state index contributed by atoms with van der Waals surface area (Å²) in [5.74, 6) is 0.833. The van der Waals surface area contributed by atoms with Gasteiger partial charge in [0.2, 0.25) is 0 Å². The molecule has 16 heavy (non-hydrogen) atoms. The summed E-state index contributed by atoms with van der Waals surface area (Å²) in [6.45, 7) is 7.30. The Labute approximate surface area is 114 Å². The number of halogens is 2. The maximum atomic E-state index is 5.26. The summed E-state index contributed by atoms with van der Waals surface area (Å²) in [6.07, 6.45) is 0. The normalized spacial score (nSPS) is 11.6. The van der Waals surface area contributed by atoms with Crippen molar-refractivity contribution < 1.29 is 4.74 Å². The van der Waals surface area contributed by atoms with Crippen LogP contribution in [0.25, 0.3) is 0 Å². The highest BCUT2D eigenvalue weighted by Gasteiger charge is 2.11. The number of methoxy groups -OCH3 is 1. The van der Waals surface area contributed by atoms with Gasteiger partial charge in [-0.25, -0.2) is 0 Å². The largest absolute Gasteiger partial charge is 0.494 e. The van der Waals surface area contributed by atoms with Crippen LogP contribution in [0.1, 0.15) is 26.3 Å². The second-order valence-electron chi connectivity index (χ2n) is 4.70. The molecule has 1 N–H and O–H groups in total. The smallest absolute Gasteiger partial charge is 0.147 e. The van der Waals surface area contributed by atoms with E-state index < -0.39 is 0 Å². The van der Waals surface area contributed by atoms with Gasteiger partial charge in [0.15, 0.2) is 0 Å². The van der Waals surface area contributed by atoms with Crippen LogP contribution < -0.4 is 10.1 Å². The lowest BCUT2D eigenvalue weighted by atomic mass is 10.1. The molecule has 90 valence electrons. The van der Waals surface area contributed by atoms with E-state index in [2.05, 4.69) is 70.1 Å². The summed E-state index contributed by atoms with van der Waals surface area (Å²) in [7, 11) is 1.66. The van der Waals surface area contributed by atoms with Gasteiger partial charge in [-0.15, -0.1) is 0 Å². The molecular weight excluding hydrogens is 334 g/mol. The highest BCUT2D eigenvalue weighted by atomic mass is 79.9. The Morgan fingerprint density at radius 2 is 1.69 bits per heavy atom. The molecule has 2 nitrogen and oxygen atoms in total. The molecule has 0 spiro atoms. The average molecular weight is 351 g/mol. The molecule has 0 bridgehead atoms. The number of hydrogen-bond donors (Lipinski definition) is 1. The standard InChI is InChI=1S/C12H17Br2NO/c1-12(2,3)15-7-8-5-9(13)11(16-4)10(14)6-8/h5-6,15H,7H2,1-4H3. The van der Waals surface area contributed by atoms with E-state index in [1.54, 1.807) is 7.11 Å². The van der Waals surface area contributed by atoms with E-state index in [-0.39, 0.29) is 5.54 Å². The molecule has 4 heteroatoms. The quantitative estimate of drug-likeness (QED) is 0.885. The maximum Gasteiger partial charge on any atom is 0.147 e. The third kappa shape index (κ3) is 4.07.